The van der Waals surface area contributed by atoms with Gasteiger partial charge in [-0.3, -0.25) is 4.79 Å². The van der Waals surface area contributed by atoms with E-state index in [0.717, 1.165) is 25.7 Å². The van der Waals surface area contributed by atoms with Crippen molar-refractivity contribution in [2.24, 2.45) is 28.1 Å². The van der Waals surface area contributed by atoms with Gasteiger partial charge in [0.2, 0.25) is 0 Å². The lowest BCUT2D eigenvalue weighted by Gasteiger charge is -2.64. The number of carbonyl (C=O) groups excluding carboxylic acids is 1. The molecular weight excluding hydrogens is 320 g/mol. The topological polar surface area (TPSA) is 76.0 Å². The summed E-state index contributed by atoms with van der Waals surface area (Å²) in [5.74, 6) is 0.519. The summed E-state index contributed by atoms with van der Waals surface area (Å²) in [7, 11) is 0. The number of fused-ring (bicyclic) bond motifs is 2. The van der Waals surface area contributed by atoms with Crippen molar-refractivity contribution < 1.29 is 24.5 Å². The van der Waals surface area contributed by atoms with E-state index in [-0.39, 0.29) is 34.9 Å². The highest BCUT2D eigenvalue weighted by atomic mass is 16.6. The first kappa shape index (κ1) is 17.7. The lowest BCUT2D eigenvalue weighted by molar-refractivity contribution is -0.242. The zero-order chi connectivity index (χ0) is 18.1. The maximum atomic E-state index is 11.8. The van der Waals surface area contributed by atoms with E-state index in [2.05, 4.69) is 13.8 Å². The second-order valence-corrected chi connectivity index (χ2v) is 9.86. The maximum Gasteiger partial charge on any atom is 0.306 e. The van der Waals surface area contributed by atoms with E-state index in [9.17, 15) is 15.0 Å². The van der Waals surface area contributed by atoms with Crippen LogP contribution in [0.2, 0.25) is 0 Å². The van der Waals surface area contributed by atoms with Crippen molar-refractivity contribution in [3.05, 3.63) is 0 Å². The van der Waals surface area contributed by atoms with Crippen molar-refractivity contribution in [2.75, 3.05) is 19.8 Å². The van der Waals surface area contributed by atoms with Gasteiger partial charge in [-0.15, -0.1) is 0 Å². The Kier molecular flexibility index (Phi) is 3.85. The third-order valence-corrected chi connectivity index (χ3v) is 8.59. The summed E-state index contributed by atoms with van der Waals surface area (Å²) in [5.41, 5.74) is -1.06. The first-order valence-corrected chi connectivity index (χ1v) is 9.80. The Morgan fingerprint density at radius 3 is 2.60 bits per heavy atom. The van der Waals surface area contributed by atoms with Crippen molar-refractivity contribution in [1.82, 2.24) is 0 Å². The Morgan fingerprint density at radius 2 is 1.96 bits per heavy atom. The van der Waals surface area contributed by atoms with E-state index < -0.39 is 11.5 Å². The number of rotatable bonds is 1. The molecule has 0 amide bonds. The smallest absolute Gasteiger partial charge is 0.306 e. The monoisotopic (exact) mass is 352 g/mol. The molecular formula is C20H32O5. The average molecular weight is 352 g/mol. The largest absolute Gasteiger partial charge is 0.465 e. The number of cyclic esters (lactones) is 1. The summed E-state index contributed by atoms with van der Waals surface area (Å²) in [6.45, 7) is 7.69. The van der Waals surface area contributed by atoms with Gasteiger partial charge in [-0.05, 0) is 43.9 Å². The van der Waals surface area contributed by atoms with E-state index >= 15 is 0 Å². The van der Waals surface area contributed by atoms with Gasteiger partial charge in [0.1, 0.15) is 0 Å². The molecule has 4 aliphatic rings. The molecule has 2 saturated heterocycles. The molecule has 2 heterocycles. The molecule has 5 heteroatoms. The van der Waals surface area contributed by atoms with Gasteiger partial charge in [-0.1, -0.05) is 20.8 Å². The van der Waals surface area contributed by atoms with E-state index in [1.807, 2.05) is 6.92 Å². The van der Waals surface area contributed by atoms with Crippen LogP contribution in [0.15, 0.2) is 0 Å². The summed E-state index contributed by atoms with van der Waals surface area (Å²) >= 11 is 0. The van der Waals surface area contributed by atoms with Crippen LogP contribution in [-0.4, -0.2) is 47.7 Å². The number of aliphatic hydroxyl groups is 2. The van der Waals surface area contributed by atoms with Crippen LogP contribution in [0.1, 0.15) is 59.3 Å². The molecule has 0 unspecified atom stereocenters. The van der Waals surface area contributed by atoms with Crippen LogP contribution in [0.5, 0.6) is 0 Å². The van der Waals surface area contributed by atoms with Crippen LogP contribution in [-0.2, 0) is 14.3 Å². The highest BCUT2D eigenvalue weighted by Gasteiger charge is 2.69. The maximum absolute atomic E-state index is 11.8. The first-order chi connectivity index (χ1) is 11.7. The molecule has 7 atom stereocenters. The fraction of sp³-hybridized carbons (Fsp3) is 0.950. The van der Waals surface area contributed by atoms with E-state index in [1.54, 1.807) is 0 Å². The third-order valence-electron chi connectivity index (χ3n) is 8.59. The molecule has 142 valence electrons. The fourth-order valence-corrected chi connectivity index (χ4v) is 6.96. The molecule has 0 aromatic heterocycles. The lowest BCUT2D eigenvalue weighted by atomic mass is 9.43. The van der Waals surface area contributed by atoms with Gasteiger partial charge >= 0.3 is 5.97 Å². The van der Waals surface area contributed by atoms with Crippen molar-refractivity contribution in [3.63, 3.8) is 0 Å². The third kappa shape index (κ3) is 2.15. The summed E-state index contributed by atoms with van der Waals surface area (Å²) in [5, 5.41) is 20.8. The molecule has 25 heavy (non-hydrogen) atoms. The van der Waals surface area contributed by atoms with Gasteiger partial charge in [-0.25, -0.2) is 0 Å². The predicted molar refractivity (Wildman–Crippen MR) is 91.7 cm³/mol. The number of hydrogen-bond donors (Lipinski definition) is 2. The predicted octanol–water partition coefficient (Wildman–Crippen LogP) is 2.28. The standard InChI is InChI=1S/C20H32O5/c1-13-4-5-14-17(2,10-21)15(22)6-7-18(14,3)20(13)9-19(12-25-20)8-16(23)24-11-19/h13-15,21-22H,4-12H2,1-3H3/t13-,14+,15+,17-,18+,19-,20+/m0/s1. The molecule has 0 aromatic carbocycles. The lowest BCUT2D eigenvalue weighted by Crippen LogP contribution is -2.66. The Bertz CT molecular complexity index is 578. The first-order valence-electron chi connectivity index (χ1n) is 9.80. The van der Waals surface area contributed by atoms with E-state index in [1.165, 1.54) is 0 Å². The van der Waals surface area contributed by atoms with Gasteiger partial charge in [0.25, 0.3) is 0 Å². The molecule has 2 N–H and O–H groups in total. The van der Waals surface area contributed by atoms with Crippen molar-refractivity contribution in [3.8, 4) is 0 Å². The number of carbonyl (C=O) groups is 1. The normalized spacial score (nSPS) is 55.6. The van der Waals surface area contributed by atoms with Crippen LogP contribution < -0.4 is 0 Å². The molecule has 0 radical (unpaired) electrons. The van der Waals surface area contributed by atoms with Gasteiger partial charge < -0.3 is 19.7 Å². The van der Waals surface area contributed by atoms with Crippen molar-refractivity contribution >= 4 is 5.97 Å². The van der Waals surface area contributed by atoms with Gasteiger partial charge in [-0.2, -0.15) is 0 Å². The van der Waals surface area contributed by atoms with Crippen LogP contribution >= 0.6 is 0 Å². The molecule has 2 aliphatic carbocycles. The second-order valence-electron chi connectivity index (χ2n) is 9.86. The molecule has 2 spiro atoms. The fourth-order valence-electron chi connectivity index (χ4n) is 6.96. The molecule has 0 bridgehead atoms. The quantitative estimate of drug-likeness (QED) is 0.708. The average Bonchev–Trinajstić information content (AvgIpc) is 3.14. The highest BCUT2D eigenvalue weighted by molar-refractivity contribution is 5.72. The number of ether oxygens (including phenoxy) is 2. The Balaban J connectivity index is 1.74. The highest BCUT2D eigenvalue weighted by Crippen LogP contribution is 2.68. The minimum Gasteiger partial charge on any atom is -0.465 e. The molecule has 0 aromatic rings. The SMILES string of the molecule is C[C@H]1CC[C@@H]2[C@](C)(CO)[C@H](O)CC[C@@]2(C)[C@@]12C[C@@]1(COC(=O)C1)CO2. The van der Waals surface area contributed by atoms with Crippen LogP contribution in [0, 0.1) is 28.1 Å². The molecule has 2 saturated carbocycles. The second kappa shape index (κ2) is 5.43. The number of esters is 1. The summed E-state index contributed by atoms with van der Waals surface area (Å²) < 4.78 is 11.9. The Labute approximate surface area is 150 Å². The number of aliphatic hydroxyl groups excluding tert-OH is 2. The summed E-state index contributed by atoms with van der Waals surface area (Å²) in [6, 6.07) is 0. The Morgan fingerprint density at radius 1 is 1.20 bits per heavy atom. The van der Waals surface area contributed by atoms with Crippen LogP contribution in [0.25, 0.3) is 0 Å². The van der Waals surface area contributed by atoms with Crippen molar-refractivity contribution in [1.29, 1.82) is 0 Å². The van der Waals surface area contributed by atoms with Crippen molar-refractivity contribution in [2.45, 2.75) is 71.0 Å². The van der Waals surface area contributed by atoms with Gasteiger partial charge in [0, 0.05) is 16.2 Å². The number of hydrogen-bond acceptors (Lipinski definition) is 5. The zero-order valence-corrected chi connectivity index (χ0v) is 15.7. The van der Waals surface area contributed by atoms with E-state index in [0.29, 0.717) is 32.0 Å². The Hall–Kier alpha value is -0.650. The van der Waals surface area contributed by atoms with Crippen LogP contribution in [0.3, 0.4) is 0 Å². The van der Waals surface area contributed by atoms with E-state index in [4.69, 9.17) is 9.47 Å². The zero-order valence-electron chi connectivity index (χ0n) is 15.7. The molecule has 4 rings (SSSR count). The summed E-state index contributed by atoms with van der Waals surface area (Å²) in [6.07, 6.45) is 4.51. The molecule has 2 aliphatic heterocycles. The minimum atomic E-state index is -0.485. The van der Waals surface area contributed by atoms with Crippen LogP contribution in [0.4, 0.5) is 0 Å². The summed E-state index contributed by atoms with van der Waals surface area (Å²) in [4.78, 5) is 11.8. The van der Waals surface area contributed by atoms with Gasteiger partial charge in [0.15, 0.2) is 0 Å². The minimum absolute atomic E-state index is 0.00558. The molecule has 4 fully saturated rings. The van der Waals surface area contributed by atoms with Gasteiger partial charge in [0.05, 0.1) is 37.9 Å². The molecule has 5 nitrogen and oxygen atoms in total.